The summed E-state index contributed by atoms with van der Waals surface area (Å²) < 4.78 is 0. The molecule has 0 aliphatic carbocycles. The molecule has 1 aliphatic heterocycles. The Morgan fingerprint density at radius 3 is 2.10 bits per heavy atom. The van der Waals surface area contributed by atoms with Gasteiger partial charge >= 0.3 is 0 Å². The van der Waals surface area contributed by atoms with E-state index in [0.29, 0.717) is 36.3 Å². The number of para-hydroxylation sites is 1. The highest BCUT2D eigenvalue weighted by atomic mass is 33.1. The molecule has 0 saturated carbocycles. The zero-order chi connectivity index (χ0) is 59.4. The monoisotopic (exact) mass is 1170 g/mol. The van der Waals surface area contributed by atoms with E-state index in [9.17, 15) is 44.1 Å². The van der Waals surface area contributed by atoms with Gasteiger partial charge in [0.1, 0.15) is 42.1 Å². The number of aromatic nitrogens is 2. The average Bonchev–Trinajstić information content (AvgIpc) is 4.17. The molecule has 23 heteroatoms. The summed E-state index contributed by atoms with van der Waals surface area (Å²) in [6, 6.07) is 23.6. The Hall–Kier alpha value is -7.98. The number of terminal acetylenes is 1. The molecule has 10 atom stereocenters. The van der Waals surface area contributed by atoms with E-state index in [4.69, 9.17) is 12.2 Å². The Bertz CT molecular complexity index is 3230. The Labute approximate surface area is 489 Å². The number of fused-ring (bicyclic) bond motifs is 2. The first-order chi connectivity index (χ1) is 40.0. The van der Waals surface area contributed by atoms with Crippen LogP contribution in [-0.4, -0.2) is 152 Å². The van der Waals surface area contributed by atoms with Gasteiger partial charge in [0.05, 0.1) is 36.4 Å². The number of aliphatic hydroxyl groups is 3. The number of unbranched alkanes of at least 4 members (excludes halogenated alkanes) is 1. The van der Waals surface area contributed by atoms with Gasteiger partial charge in [-0.15, -0.1) is 6.42 Å². The molecule has 1 aliphatic rings. The summed E-state index contributed by atoms with van der Waals surface area (Å²) in [5.74, 6) is -2.92. The van der Waals surface area contributed by atoms with Gasteiger partial charge in [-0.2, -0.15) is 0 Å². The van der Waals surface area contributed by atoms with E-state index in [0.717, 1.165) is 54.5 Å². The summed E-state index contributed by atoms with van der Waals surface area (Å²) in [5, 5.41) is 55.4. The van der Waals surface area contributed by atoms with E-state index in [2.05, 4.69) is 58.4 Å². The molecule has 438 valence electrons. The molecule has 2 aromatic heterocycles. The average molecular weight is 1170 g/mol. The second-order valence-electron chi connectivity index (χ2n) is 20.4. The molecule has 7 rings (SSSR count). The van der Waals surface area contributed by atoms with Gasteiger partial charge in [0, 0.05) is 58.9 Å². The molecule has 0 bridgehead atoms. The molecule has 2 unspecified atom stereocenters. The summed E-state index contributed by atoms with van der Waals surface area (Å²) in [4.78, 5) is 109. The van der Waals surface area contributed by atoms with Crippen LogP contribution < -0.4 is 48.3 Å². The second kappa shape index (κ2) is 30.9. The van der Waals surface area contributed by atoms with Crippen molar-refractivity contribution in [2.24, 2.45) is 5.73 Å². The normalized spacial score (nSPS) is 21.1. The minimum atomic E-state index is -1.70. The van der Waals surface area contributed by atoms with E-state index in [1.165, 1.54) is 13.8 Å². The summed E-state index contributed by atoms with van der Waals surface area (Å²) in [6.45, 7) is 2.35. The number of rotatable bonds is 19. The van der Waals surface area contributed by atoms with Crippen LogP contribution in [0.15, 0.2) is 121 Å². The van der Waals surface area contributed by atoms with Crippen LogP contribution in [0.1, 0.15) is 55.4 Å². The van der Waals surface area contributed by atoms with Gasteiger partial charge in [0.25, 0.3) is 0 Å². The van der Waals surface area contributed by atoms with Gasteiger partial charge in [-0.1, -0.05) is 106 Å². The molecule has 0 spiro atoms. The van der Waals surface area contributed by atoms with Gasteiger partial charge in [-0.05, 0) is 92.6 Å². The number of nitrogens with two attached hydrogens (primary N) is 1. The van der Waals surface area contributed by atoms with Gasteiger partial charge in [0.15, 0.2) is 0 Å². The first kappa shape index (κ1) is 62.6. The lowest BCUT2D eigenvalue weighted by molar-refractivity contribution is -0.136. The quantitative estimate of drug-likeness (QED) is 0.0313. The minimum absolute atomic E-state index is 0.00322. The van der Waals surface area contributed by atoms with Crippen LogP contribution in [-0.2, 0) is 52.8 Å². The van der Waals surface area contributed by atoms with Crippen molar-refractivity contribution in [2.75, 3.05) is 30.0 Å². The van der Waals surface area contributed by atoms with Crippen LogP contribution in [0, 0.1) is 12.3 Å². The van der Waals surface area contributed by atoms with E-state index in [1.807, 2.05) is 54.6 Å². The van der Waals surface area contributed by atoms with Crippen molar-refractivity contribution in [3.8, 4) is 12.3 Å². The minimum Gasteiger partial charge on any atom is -0.394 e. The third-order valence-electron chi connectivity index (χ3n) is 14.0. The Kier molecular flexibility index (Phi) is 23.3. The molecule has 14 N–H and O–H groups in total. The zero-order valence-electron chi connectivity index (χ0n) is 46.0. The molecule has 0 radical (unpaired) electrons. The van der Waals surface area contributed by atoms with Crippen molar-refractivity contribution in [2.45, 2.75) is 113 Å². The maximum absolute atomic E-state index is 15.0. The van der Waals surface area contributed by atoms with Crippen LogP contribution in [0.4, 0.5) is 5.82 Å². The van der Waals surface area contributed by atoms with Crippen molar-refractivity contribution in [1.82, 2.24) is 47.2 Å². The third kappa shape index (κ3) is 18.3. The Morgan fingerprint density at radius 1 is 0.747 bits per heavy atom. The zero-order valence-corrected chi connectivity index (χ0v) is 47.6. The SMILES string of the molecule is C#Cc1ccc2nc(NCCCC[C@@H]3NC(=O)[C@@H](Cc4c[nH]c5ccccc45)NC(=O)[C@H](Cc4ccccc4)NC(=O)[C@@H](NC(=O)[C@H](N)Cc4ccccc4)CSSC[C@@H](C(=O)NC(CO)C(C)O)NC(=O)[C@H]([C@@H](C)O)NC3=O)ccc2c1. The fourth-order valence-corrected chi connectivity index (χ4v) is 11.6. The number of hydrogen-bond donors (Lipinski definition) is 13. The van der Waals surface area contributed by atoms with Crippen molar-refractivity contribution in [1.29, 1.82) is 0 Å². The molecule has 4 aromatic carbocycles. The number of benzene rings is 4. The summed E-state index contributed by atoms with van der Waals surface area (Å²) in [7, 11) is 2.05. The Balaban J connectivity index is 1.22. The predicted molar refractivity (Wildman–Crippen MR) is 321 cm³/mol. The number of amides is 7. The lowest BCUT2D eigenvalue weighted by Gasteiger charge is -2.29. The number of pyridine rings is 1. The van der Waals surface area contributed by atoms with Crippen LogP contribution in [0.5, 0.6) is 0 Å². The molecule has 21 nitrogen and oxygen atoms in total. The highest BCUT2D eigenvalue weighted by molar-refractivity contribution is 8.76. The van der Waals surface area contributed by atoms with Crippen molar-refractivity contribution >= 4 is 90.6 Å². The number of nitrogens with one attached hydrogen (secondary N) is 9. The van der Waals surface area contributed by atoms with Gasteiger partial charge in [0.2, 0.25) is 41.4 Å². The number of carbonyl (C=O) groups is 7. The van der Waals surface area contributed by atoms with E-state index < -0.39 is 108 Å². The number of carbonyl (C=O) groups excluding carboxylic acids is 7. The van der Waals surface area contributed by atoms with Crippen LogP contribution in [0.2, 0.25) is 0 Å². The summed E-state index contributed by atoms with van der Waals surface area (Å²) in [5.41, 5.74) is 10.7. The number of nitrogens with zero attached hydrogens (tertiary/aromatic N) is 1. The molecule has 83 heavy (non-hydrogen) atoms. The third-order valence-corrected chi connectivity index (χ3v) is 16.4. The number of aromatic amines is 1. The molecule has 7 amide bonds. The smallest absolute Gasteiger partial charge is 0.245 e. The second-order valence-corrected chi connectivity index (χ2v) is 22.9. The van der Waals surface area contributed by atoms with Crippen LogP contribution >= 0.6 is 21.6 Å². The maximum atomic E-state index is 15.0. The number of hydrogen-bond acceptors (Lipinski definition) is 15. The fraction of sp³-hybridized carbons (Fsp3) is 0.367. The molecule has 1 saturated heterocycles. The van der Waals surface area contributed by atoms with E-state index >= 15 is 4.79 Å². The Morgan fingerprint density at radius 2 is 1.40 bits per heavy atom. The van der Waals surface area contributed by atoms with Crippen LogP contribution in [0.25, 0.3) is 21.8 Å². The topological polar surface area (TPSA) is 331 Å². The van der Waals surface area contributed by atoms with Gasteiger partial charge in [-0.3, -0.25) is 33.6 Å². The van der Waals surface area contributed by atoms with E-state index in [-0.39, 0.29) is 37.2 Å². The highest BCUT2D eigenvalue weighted by Crippen LogP contribution is 2.25. The van der Waals surface area contributed by atoms with Gasteiger partial charge in [-0.25, -0.2) is 4.98 Å². The maximum Gasteiger partial charge on any atom is 0.245 e. The first-order valence-corrected chi connectivity index (χ1v) is 29.8. The summed E-state index contributed by atoms with van der Waals surface area (Å²) >= 11 is 0. The lowest BCUT2D eigenvalue weighted by atomic mass is 10.0. The fourth-order valence-electron chi connectivity index (χ4n) is 9.24. The van der Waals surface area contributed by atoms with Crippen molar-refractivity contribution in [3.63, 3.8) is 0 Å². The predicted octanol–water partition coefficient (Wildman–Crippen LogP) is 1.88. The highest BCUT2D eigenvalue weighted by Gasteiger charge is 2.36. The standard InChI is InChI=1S/C60H71N11O10S2/c1-4-37-22-24-44-40(27-37)23-25-52(64-44)62-26-14-13-21-46-55(76)71-53(36(3)74)60(81)70-51(59(80)68-49(32-72)35(2)73)34-83-82-33-50(69-54(75)43(61)28-38-15-7-5-8-16-38)58(79)66-47(29-39-17-9-6-10-18-39)56(77)67-48(57(78)65-46)30-41-31-63-45-20-12-11-19-42(41)45/h1,5-12,15-20,22-25,27,31,35-36,43,46-51,53,63,72-74H,13-14,21,26,28-30,32-34,61H2,2-3H3,(H,62,64)(H,65,78)(H,66,79)(H,67,77)(H,68,80)(H,69,75)(H,70,81)(H,71,76)/t35?,36-,43-,46+,47+,48-,49?,50+,51+,53+/m1/s1. The first-order valence-electron chi connectivity index (χ1n) is 27.3. The molecular formula is C60H71N11O10S2. The number of H-pyrrole nitrogens is 1. The number of aliphatic hydroxyl groups excluding tert-OH is 3. The number of anilines is 1. The van der Waals surface area contributed by atoms with Crippen molar-refractivity contribution in [3.05, 3.63) is 144 Å². The molecular weight excluding hydrogens is 1100 g/mol. The van der Waals surface area contributed by atoms with Crippen molar-refractivity contribution < 1.29 is 48.9 Å². The molecule has 3 heterocycles. The lowest BCUT2D eigenvalue weighted by Crippen LogP contribution is -2.62. The van der Waals surface area contributed by atoms with Crippen LogP contribution in [0.3, 0.4) is 0 Å². The summed E-state index contributed by atoms with van der Waals surface area (Å²) in [6.07, 6.45) is 5.25. The largest absolute Gasteiger partial charge is 0.394 e. The molecule has 1 fully saturated rings. The van der Waals surface area contributed by atoms with E-state index in [1.54, 1.807) is 66.9 Å². The van der Waals surface area contributed by atoms with Gasteiger partial charge < -0.3 is 68.6 Å². The molecule has 6 aromatic rings.